The fourth-order valence-electron chi connectivity index (χ4n) is 3.10. The molecule has 1 unspecified atom stereocenters. The first-order chi connectivity index (χ1) is 13.0. The summed E-state index contributed by atoms with van der Waals surface area (Å²) in [5.41, 5.74) is 0. The third kappa shape index (κ3) is 16.6. The minimum atomic E-state index is -0.630. The van der Waals surface area contributed by atoms with Crippen LogP contribution in [0.2, 0.25) is 0 Å². The van der Waals surface area contributed by atoms with Gasteiger partial charge in [-0.1, -0.05) is 91.4 Å². The van der Waals surface area contributed by atoms with Crippen LogP contribution in [0.25, 0.3) is 0 Å². The van der Waals surface area contributed by atoms with Gasteiger partial charge in [-0.3, -0.25) is 0 Å². The molecule has 0 aromatic rings. The summed E-state index contributed by atoms with van der Waals surface area (Å²) in [6.07, 6.45) is 15.3. The second kappa shape index (κ2) is 18.1. The molecule has 0 rings (SSSR count). The number of esters is 1. The number of ether oxygens (including phenoxy) is 2. The lowest BCUT2D eigenvalue weighted by molar-refractivity contribution is -0.146. The van der Waals surface area contributed by atoms with E-state index in [9.17, 15) is 9.59 Å². The molecule has 0 radical (unpaired) electrons. The van der Waals surface area contributed by atoms with E-state index in [1.165, 1.54) is 71.3 Å². The average Bonchev–Trinajstić information content (AvgIpc) is 2.64. The van der Waals surface area contributed by atoms with E-state index in [4.69, 9.17) is 4.74 Å². The number of methoxy groups -OCH3 is 1. The lowest BCUT2D eigenvalue weighted by Crippen LogP contribution is -2.42. The quantitative estimate of drug-likeness (QED) is 0.246. The van der Waals surface area contributed by atoms with Crippen LogP contribution in [0.15, 0.2) is 0 Å². The number of carbonyl (C=O) groups is 2. The van der Waals surface area contributed by atoms with Gasteiger partial charge in [-0.25, -0.2) is 9.59 Å². The first-order valence-electron chi connectivity index (χ1n) is 11.0. The van der Waals surface area contributed by atoms with Gasteiger partial charge in [0, 0.05) is 0 Å². The maximum absolute atomic E-state index is 12.1. The summed E-state index contributed by atoms with van der Waals surface area (Å²) in [5, 5.41) is 2.56. The molecule has 160 valence electrons. The zero-order chi connectivity index (χ0) is 20.3. The molecular formula is C22H43NO4. The standard InChI is InChI=1S/C22H43NO4/c1-5-6-7-8-9-10-11-12-13-14-15-16-17-27-21(24)20(18-19(2)3)23-22(25)26-4/h19-20H,5-18H2,1-4H3,(H,23,25). The second-order valence-electron chi connectivity index (χ2n) is 7.87. The number of rotatable bonds is 17. The lowest BCUT2D eigenvalue weighted by atomic mass is 10.0. The Kier molecular flexibility index (Phi) is 17.3. The predicted molar refractivity (Wildman–Crippen MR) is 111 cm³/mol. The lowest BCUT2D eigenvalue weighted by Gasteiger charge is -2.18. The van der Waals surface area contributed by atoms with Crippen molar-refractivity contribution in [2.24, 2.45) is 5.92 Å². The fraction of sp³-hybridized carbons (Fsp3) is 0.909. The Labute approximate surface area is 167 Å². The van der Waals surface area contributed by atoms with E-state index in [0.29, 0.717) is 13.0 Å². The molecule has 1 N–H and O–H groups in total. The number of alkyl carbamates (subject to hydrolysis) is 1. The highest BCUT2D eigenvalue weighted by atomic mass is 16.5. The van der Waals surface area contributed by atoms with Crippen molar-refractivity contribution in [1.82, 2.24) is 5.32 Å². The second-order valence-corrected chi connectivity index (χ2v) is 7.87. The molecule has 0 aromatic heterocycles. The molecule has 5 heteroatoms. The van der Waals surface area contributed by atoms with E-state index in [0.717, 1.165) is 12.8 Å². The van der Waals surface area contributed by atoms with E-state index >= 15 is 0 Å². The van der Waals surface area contributed by atoms with Gasteiger partial charge in [0.05, 0.1) is 13.7 Å². The van der Waals surface area contributed by atoms with Crippen LogP contribution in [0.5, 0.6) is 0 Å². The molecule has 0 heterocycles. The van der Waals surface area contributed by atoms with Crippen molar-refractivity contribution in [2.45, 2.75) is 110 Å². The molecule has 27 heavy (non-hydrogen) atoms. The molecule has 1 atom stereocenters. The molecule has 1 amide bonds. The van der Waals surface area contributed by atoms with Crippen molar-refractivity contribution < 1.29 is 19.1 Å². The van der Waals surface area contributed by atoms with Crippen LogP contribution in [0.1, 0.15) is 104 Å². The Morgan fingerprint density at radius 1 is 0.815 bits per heavy atom. The molecule has 0 fully saturated rings. The Morgan fingerprint density at radius 2 is 1.30 bits per heavy atom. The first kappa shape index (κ1) is 25.7. The molecule has 5 nitrogen and oxygen atoms in total. The number of unbranched alkanes of at least 4 members (excludes halogenated alkanes) is 11. The molecule has 0 aliphatic carbocycles. The Morgan fingerprint density at radius 3 is 1.74 bits per heavy atom. The minimum absolute atomic E-state index is 0.284. The van der Waals surface area contributed by atoms with Crippen LogP contribution >= 0.6 is 0 Å². The minimum Gasteiger partial charge on any atom is -0.464 e. The summed E-state index contributed by atoms with van der Waals surface area (Å²) in [6, 6.07) is -0.630. The molecular weight excluding hydrogens is 342 g/mol. The van der Waals surface area contributed by atoms with Crippen molar-refractivity contribution in [1.29, 1.82) is 0 Å². The summed E-state index contributed by atoms with van der Waals surface area (Å²) >= 11 is 0. The van der Waals surface area contributed by atoms with E-state index in [1.54, 1.807) is 0 Å². The average molecular weight is 386 g/mol. The molecule has 0 aliphatic rings. The van der Waals surface area contributed by atoms with Gasteiger partial charge in [0.25, 0.3) is 0 Å². The van der Waals surface area contributed by atoms with Gasteiger partial charge in [-0.15, -0.1) is 0 Å². The zero-order valence-corrected chi connectivity index (χ0v) is 18.2. The Balaban J connectivity index is 3.63. The van der Waals surface area contributed by atoms with Crippen molar-refractivity contribution in [3.05, 3.63) is 0 Å². The normalized spacial score (nSPS) is 12.0. The summed E-state index contributed by atoms with van der Waals surface area (Å²) < 4.78 is 9.91. The largest absolute Gasteiger partial charge is 0.464 e. The van der Waals surface area contributed by atoms with Gasteiger partial charge in [0.2, 0.25) is 0 Å². The monoisotopic (exact) mass is 385 g/mol. The Hall–Kier alpha value is -1.26. The summed E-state index contributed by atoms with van der Waals surface area (Å²) in [4.78, 5) is 23.5. The maximum Gasteiger partial charge on any atom is 0.407 e. The number of carbonyl (C=O) groups excluding carboxylic acids is 2. The van der Waals surface area contributed by atoms with E-state index in [1.807, 2.05) is 13.8 Å². The van der Waals surface area contributed by atoms with E-state index in [-0.39, 0.29) is 11.9 Å². The van der Waals surface area contributed by atoms with Gasteiger partial charge in [-0.2, -0.15) is 0 Å². The van der Waals surface area contributed by atoms with E-state index < -0.39 is 12.1 Å². The number of hydrogen-bond acceptors (Lipinski definition) is 4. The highest BCUT2D eigenvalue weighted by Crippen LogP contribution is 2.12. The number of amides is 1. The van der Waals surface area contributed by atoms with Crippen molar-refractivity contribution in [3.8, 4) is 0 Å². The fourth-order valence-corrected chi connectivity index (χ4v) is 3.10. The van der Waals surface area contributed by atoms with Crippen LogP contribution < -0.4 is 5.32 Å². The summed E-state index contributed by atoms with van der Waals surface area (Å²) in [6.45, 7) is 6.69. The smallest absolute Gasteiger partial charge is 0.407 e. The third-order valence-electron chi connectivity index (χ3n) is 4.71. The zero-order valence-electron chi connectivity index (χ0n) is 18.2. The topological polar surface area (TPSA) is 64.6 Å². The molecule has 0 aromatic carbocycles. The highest BCUT2D eigenvalue weighted by molar-refractivity contribution is 5.81. The third-order valence-corrected chi connectivity index (χ3v) is 4.71. The van der Waals surface area contributed by atoms with Crippen LogP contribution in [0.4, 0.5) is 4.79 Å². The molecule has 0 aliphatic heterocycles. The summed E-state index contributed by atoms with van der Waals surface area (Å²) in [5.74, 6) is -0.0801. The van der Waals surface area contributed by atoms with E-state index in [2.05, 4.69) is 17.0 Å². The van der Waals surface area contributed by atoms with Gasteiger partial charge in [0.15, 0.2) is 0 Å². The SMILES string of the molecule is CCCCCCCCCCCCCCOC(=O)C(CC(C)C)NC(=O)OC. The Bertz CT molecular complexity index is 371. The van der Waals surface area contributed by atoms with Gasteiger partial charge in [0.1, 0.15) is 6.04 Å². The highest BCUT2D eigenvalue weighted by Gasteiger charge is 2.23. The molecule has 0 saturated carbocycles. The molecule has 0 bridgehead atoms. The van der Waals surface area contributed by atoms with Crippen LogP contribution in [0.3, 0.4) is 0 Å². The molecule has 0 spiro atoms. The van der Waals surface area contributed by atoms with Crippen LogP contribution in [-0.2, 0) is 14.3 Å². The first-order valence-corrected chi connectivity index (χ1v) is 11.0. The molecule has 0 saturated heterocycles. The van der Waals surface area contributed by atoms with Crippen molar-refractivity contribution in [3.63, 3.8) is 0 Å². The maximum atomic E-state index is 12.1. The van der Waals surface area contributed by atoms with Gasteiger partial charge in [-0.05, 0) is 18.8 Å². The predicted octanol–water partition coefficient (Wildman–Crippen LogP) is 6.00. The van der Waals surface area contributed by atoms with Gasteiger partial charge >= 0.3 is 12.1 Å². The number of nitrogens with one attached hydrogen (secondary N) is 1. The van der Waals surface area contributed by atoms with Crippen molar-refractivity contribution in [2.75, 3.05) is 13.7 Å². The van der Waals surface area contributed by atoms with Crippen LogP contribution in [-0.4, -0.2) is 31.8 Å². The summed E-state index contributed by atoms with van der Waals surface area (Å²) in [7, 11) is 1.29. The van der Waals surface area contributed by atoms with Crippen molar-refractivity contribution >= 4 is 12.1 Å². The van der Waals surface area contributed by atoms with Gasteiger partial charge < -0.3 is 14.8 Å². The van der Waals surface area contributed by atoms with Crippen LogP contribution in [0, 0.1) is 5.92 Å². The number of hydrogen-bond donors (Lipinski definition) is 1.